The molecular weight excluding hydrogens is 1210 g/mol. The van der Waals surface area contributed by atoms with Gasteiger partial charge in [-0.25, -0.2) is 32.7 Å². The molecule has 0 spiro atoms. The van der Waals surface area contributed by atoms with Crippen LogP contribution < -0.4 is 18.1 Å². The number of hydrogen-bond donors (Lipinski definition) is 0. The number of fused-ring (bicyclic) bond motifs is 28. The first-order valence-corrected chi connectivity index (χ1v) is 43.9. The van der Waals surface area contributed by atoms with Gasteiger partial charge in [0.1, 0.15) is 23.0 Å². The predicted molar refractivity (Wildman–Crippen MR) is 370 cm³/mol. The lowest BCUT2D eigenvalue weighted by atomic mass is 9.83. The van der Waals surface area contributed by atoms with Crippen molar-refractivity contribution in [2.45, 2.75) is 322 Å². The molecule has 12 nitrogen and oxygen atoms in total. The van der Waals surface area contributed by atoms with Crippen LogP contribution in [0.4, 0.5) is 0 Å². The van der Waals surface area contributed by atoms with Gasteiger partial charge >= 0.3 is 0 Å². The molecule has 2 aromatic carbocycles. The molecule has 492 valence electrons. The topological polar surface area (TPSA) is 64.5 Å². The molecule has 1 aromatic heterocycles. The number of benzene rings is 2. The average Bonchev–Trinajstić information content (AvgIpc) is 1.58. The van der Waals surface area contributed by atoms with Crippen LogP contribution in [0.15, 0.2) is 48.5 Å². The summed E-state index contributed by atoms with van der Waals surface area (Å²) in [6.45, 7) is 0. The second-order valence-corrected chi connectivity index (χ2v) is 40.3. The van der Waals surface area contributed by atoms with Crippen LogP contribution in [0.5, 0.6) is 23.0 Å². The first kappa shape index (κ1) is 57.9. The van der Waals surface area contributed by atoms with Crippen molar-refractivity contribution in [2.24, 2.45) is 41.4 Å². The molecule has 19 aliphatic rings. The van der Waals surface area contributed by atoms with Crippen molar-refractivity contribution < 1.29 is 18.1 Å². The molecule has 10 saturated heterocycles. The fourth-order valence-corrected chi connectivity index (χ4v) is 37.3. The van der Waals surface area contributed by atoms with Gasteiger partial charge in [-0.05, 0) is 231 Å². The minimum absolute atomic E-state index is 0.400. The summed E-state index contributed by atoms with van der Waals surface area (Å²) in [5.41, 5.74) is 6.76. The van der Waals surface area contributed by atoms with Gasteiger partial charge in [0, 0.05) is 84.2 Å². The Hall–Kier alpha value is -1.90. The first-order valence-electron chi connectivity index (χ1n) is 39.2. The second-order valence-electron chi connectivity index (χ2n) is 33.9. The molecule has 0 radical (unpaired) electrons. The Bertz CT molecular complexity index is 3190. The third kappa shape index (κ3) is 8.64. The van der Waals surface area contributed by atoms with Crippen molar-refractivity contribution in [1.29, 1.82) is 0 Å². The minimum atomic E-state index is -1.26. The Balaban J connectivity index is 0.751. The van der Waals surface area contributed by atoms with Crippen molar-refractivity contribution in [3.63, 3.8) is 0 Å². The summed E-state index contributed by atoms with van der Waals surface area (Å²) in [7, 11) is -4.58. The van der Waals surface area contributed by atoms with Gasteiger partial charge in [0.2, 0.25) is 25.3 Å². The van der Waals surface area contributed by atoms with E-state index in [0.717, 1.165) is 88.4 Å². The molecule has 22 atom stereocenters. The van der Waals surface area contributed by atoms with Gasteiger partial charge < -0.3 is 18.1 Å². The third-order valence-corrected chi connectivity index (χ3v) is 38.9. The Morgan fingerprint density at radius 1 is 0.315 bits per heavy atom. The van der Waals surface area contributed by atoms with Crippen LogP contribution in [0.3, 0.4) is 0 Å². The summed E-state index contributed by atoms with van der Waals surface area (Å²) in [6.07, 6.45) is 54.9. The quantitative estimate of drug-likeness (QED) is 0.193. The van der Waals surface area contributed by atoms with Crippen LogP contribution in [-0.4, -0.2) is 116 Å². The molecule has 3 aromatic rings. The van der Waals surface area contributed by atoms with Crippen molar-refractivity contribution in [1.82, 2.24) is 37.0 Å². The summed E-state index contributed by atoms with van der Waals surface area (Å²) in [5, 5.41) is 0. The van der Waals surface area contributed by atoms with Gasteiger partial charge in [-0.3, -0.25) is 4.34 Å². The molecule has 92 heavy (non-hydrogen) atoms. The summed E-state index contributed by atoms with van der Waals surface area (Å²) in [6, 6.07) is 25.4. The molecule has 7 saturated carbocycles. The highest BCUT2D eigenvalue weighted by Crippen LogP contribution is 2.75. The lowest BCUT2D eigenvalue weighted by Gasteiger charge is -2.41. The molecule has 8 aliphatic carbocycles. The highest BCUT2D eigenvalue weighted by Gasteiger charge is 2.68. The zero-order valence-corrected chi connectivity index (χ0v) is 58.6. The average molecular weight is 1320 g/mol. The van der Waals surface area contributed by atoms with E-state index >= 15 is 0 Å². The van der Waals surface area contributed by atoms with E-state index in [9.17, 15) is 0 Å². The number of aromatic nitrogens is 1. The molecule has 17 fully saturated rings. The maximum Gasteiger partial charge on any atom is 0.284 e. The van der Waals surface area contributed by atoms with E-state index in [1.807, 2.05) is 0 Å². The number of nitrogens with zero attached hydrogens (tertiary/aromatic N) is 8. The summed E-state index contributed by atoms with van der Waals surface area (Å²) >= 11 is 0. The molecule has 0 amide bonds. The van der Waals surface area contributed by atoms with Crippen molar-refractivity contribution in [3.05, 3.63) is 65.5 Å². The second kappa shape index (κ2) is 22.8. The molecular formula is C76H104N8O4P4. The van der Waals surface area contributed by atoms with E-state index in [-0.39, 0.29) is 0 Å². The van der Waals surface area contributed by atoms with Crippen LogP contribution in [0.25, 0.3) is 17.2 Å². The van der Waals surface area contributed by atoms with Gasteiger partial charge in [0.15, 0.2) is 0 Å². The molecule has 0 bridgehead atoms. The molecule has 22 unspecified atom stereocenters. The van der Waals surface area contributed by atoms with E-state index in [0.29, 0.717) is 84.6 Å². The highest BCUT2D eigenvalue weighted by molar-refractivity contribution is 7.49. The number of allylic oxidation sites excluding steroid dienone is 1. The zero-order valence-electron chi connectivity index (χ0n) is 55.0. The normalized spacial score (nSPS) is 46.4. The predicted octanol–water partition coefficient (Wildman–Crippen LogP) is 19.2. The van der Waals surface area contributed by atoms with Crippen LogP contribution >= 0.6 is 33.8 Å². The summed E-state index contributed by atoms with van der Waals surface area (Å²) < 4.78 is 58.7. The number of rotatable bonds is 9. The zero-order chi connectivity index (χ0) is 59.6. The van der Waals surface area contributed by atoms with Crippen LogP contribution in [0.2, 0.25) is 0 Å². The van der Waals surface area contributed by atoms with Crippen molar-refractivity contribution >= 4 is 39.9 Å². The van der Waals surface area contributed by atoms with Crippen molar-refractivity contribution in [2.75, 3.05) is 0 Å². The van der Waals surface area contributed by atoms with E-state index < -0.39 is 33.8 Å². The molecule has 16 heteroatoms. The summed E-state index contributed by atoms with van der Waals surface area (Å²) in [5.74, 6) is 9.60. The van der Waals surface area contributed by atoms with Gasteiger partial charge in [-0.15, -0.1) is 0 Å². The Morgan fingerprint density at radius 2 is 0.609 bits per heavy atom. The molecule has 22 rings (SSSR count). The van der Waals surface area contributed by atoms with E-state index in [2.05, 4.69) is 91.6 Å². The largest absolute Gasteiger partial charge is 0.444 e. The smallest absolute Gasteiger partial charge is 0.284 e. The fourth-order valence-electron chi connectivity index (χ4n) is 26.1. The molecule has 0 N–H and O–H groups in total. The van der Waals surface area contributed by atoms with Crippen LogP contribution in [-0.2, 0) is 6.42 Å². The highest BCUT2D eigenvalue weighted by atomic mass is 31.2. The number of aryl methyl sites for hydroxylation is 1. The number of hydrogen-bond acceptors (Lipinski definition) is 11. The fraction of sp³-hybridized carbons (Fsp3) is 0.763. The Morgan fingerprint density at radius 3 is 0.946 bits per heavy atom. The molecule has 11 aliphatic heterocycles. The third-order valence-electron chi connectivity index (χ3n) is 29.8. The Labute approximate surface area is 555 Å². The lowest BCUT2D eigenvalue weighted by Crippen LogP contribution is -2.37. The summed E-state index contributed by atoms with van der Waals surface area (Å²) in [4.78, 5) is 0. The monoisotopic (exact) mass is 1320 g/mol. The minimum Gasteiger partial charge on any atom is -0.444 e. The SMILES string of the molecule is C1=Cc2c(cc3n2P(Oc2cccc(OP4N5C6CCCCC6CC5C5CC6CCCCC6N54)c2-c2c(OP4N5C6CCCCC6CC5C5CC6CCCCC6N54)cccc2OP2N4C5CCCCC5CC4C4CC5CCCCC5N42)N2C3CC3CCCCC32)CC1. The maximum absolute atomic E-state index is 8.60. The van der Waals surface area contributed by atoms with Crippen LogP contribution in [0, 0.1) is 41.4 Å². The maximum atomic E-state index is 8.60. The first-order chi connectivity index (χ1) is 45.6. The Kier molecular flexibility index (Phi) is 14.4. The van der Waals surface area contributed by atoms with E-state index in [1.165, 1.54) is 242 Å². The van der Waals surface area contributed by atoms with E-state index in [1.54, 1.807) is 0 Å². The molecule has 12 heterocycles. The standard InChI is InChI=1S/C76H104N8O4P4/c1-9-27-55-47(19-1)39-63-64-40-48-20-2-10-28-56(48)78(64)89(77(55)63)85-71-35-17-36-72(86-90-79-57-29-11-3-21-49(57)41-65(79)66-42-50-22-4-12-30-58(50)80(66)90)75(71)76-73(87-91-81-59-31-13-5-23-51(59)43-67(81)68-44-52-24-6-14-32-60(52)82(68)91)37-18-38-74(76)88-92-83-61-33-15-7-25-53(61)45-69(83)70-46-54-26-8-16-34-62(54)84(70)92/h9,17-18,27,35-39,48-54,56-62,64-70H,1-8,10-16,19-26,28-34,40-46H2. The van der Waals surface area contributed by atoms with Crippen molar-refractivity contribution in [3.8, 4) is 34.1 Å². The lowest BCUT2D eigenvalue weighted by molar-refractivity contribution is 0.232. The van der Waals surface area contributed by atoms with E-state index in [4.69, 9.17) is 18.1 Å². The van der Waals surface area contributed by atoms with Gasteiger partial charge in [0.05, 0.1) is 22.9 Å². The van der Waals surface area contributed by atoms with Crippen LogP contribution in [0.1, 0.15) is 254 Å². The van der Waals surface area contributed by atoms with Gasteiger partial charge in [-0.1, -0.05) is 108 Å². The van der Waals surface area contributed by atoms with Gasteiger partial charge in [0.25, 0.3) is 8.45 Å². The van der Waals surface area contributed by atoms with Gasteiger partial charge in [-0.2, -0.15) is 0 Å².